The van der Waals surface area contributed by atoms with E-state index in [0.29, 0.717) is 11.3 Å². The molecule has 1 heterocycles. The normalized spacial score (nSPS) is 10.3. The number of pyridine rings is 1. The summed E-state index contributed by atoms with van der Waals surface area (Å²) >= 11 is 0. The van der Waals surface area contributed by atoms with E-state index >= 15 is 0 Å². The number of amides is 1. The second-order valence-electron chi connectivity index (χ2n) is 4.65. The second kappa shape index (κ2) is 6.82. The molecule has 0 spiro atoms. The van der Waals surface area contributed by atoms with E-state index in [2.05, 4.69) is 15.6 Å². The average molecular weight is 269 g/mol. The first-order valence-electron chi connectivity index (χ1n) is 6.67. The Morgan fingerprint density at radius 3 is 2.70 bits per heavy atom. The highest BCUT2D eigenvalue weighted by atomic mass is 16.1. The van der Waals surface area contributed by atoms with E-state index in [1.807, 2.05) is 50.4 Å². The van der Waals surface area contributed by atoms with Gasteiger partial charge in [-0.2, -0.15) is 0 Å². The molecule has 2 rings (SSSR count). The van der Waals surface area contributed by atoms with Crippen LogP contribution >= 0.6 is 0 Å². The van der Waals surface area contributed by atoms with Gasteiger partial charge in [-0.3, -0.25) is 9.78 Å². The largest absolute Gasteiger partial charge is 0.321 e. The predicted octanol–water partition coefficient (Wildman–Crippen LogP) is 2.40. The fourth-order valence-electron chi connectivity index (χ4n) is 1.96. The van der Waals surface area contributed by atoms with Gasteiger partial charge in [0.25, 0.3) is 5.91 Å². The Morgan fingerprint density at radius 2 is 2.00 bits per heavy atom. The lowest BCUT2D eigenvalue weighted by Crippen LogP contribution is -2.17. The minimum atomic E-state index is -0.0950. The zero-order chi connectivity index (χ0) is 14.4. The lowest BCUT2D eigenvalue weighted by atomic mass is 10.0. The molecular formula is C16H19N3O. The van der Waals surface area contributed by atoms with E-state index < -0.39 is 0 Å². The van der Waals surface area contributed by atoms with E-state index in [1.54, 1.807) is 6.20 Å². The molecule has 0 aliphatic heterocycles. The highest BCUT2D eigenvalue weighted by molar-refractivity contribution is 6.05. The maximum atomic E-state index is 12.3. The third-order valence-electron chi connectivity index (χ3n) is 3.08. The quantitative estimate of drug-likeness (QED) is 0.876. The first kappa shape index (κ1) is 14.2. The Bertz CT molecular complexity index is 579. The van der Waals surface area contributed by atoms with Crippen LogP contribution in [0.15, 0.2) is 42.6 Å². The van der Waals surface area contributed by atoms with Gasteiger partial charge < -0.3 is 10.6 Å². The smallest absolute Gasteiger partial charge is 0.255 e. The first-order valence-corrected chi connectivity index (χ1v) is 6.67. The minimum Gasteiger partial charge on any atom is -0.321 e. The molecule has 1 amide bonds. The van der Waals surface area contributed by atoms with Crippen LogP contribution in [-0.2, 0) is 6.42 Å². The summed E-state index contributed by atoms with van der Waals surface area (Å²) < 4.78 is 0. The van der Waals surface area contributed by atoms with Gasteiger partial charge in [-0.15, -0.1) is 0 Å². The van der Waals surface area contributed by atoms with Crippen LogP contribution in [0.4, 0.5) is 5.69 Å². The van der Waals surface area contributed by atoms with Gasteiger partial charge >= 0.3 is 0 Å². The molecule has 0 saturated carbocycles. The van der Waals surface area contributed by atoms with Crippen molar-refractivity contribution >= 4 is 11.6 Å². The van der Waals surface area contributed by atoms with E-state index in [0.717, 1.165) is 24.2 Å². The van der Waals surface area contributed by atoms with Crippen LogP contribution < -0.4 is 10.6 Å². The van der Waals surface area contributed by atoms with Crippen molar-refractivity contribution in [2.75, 3.05) is 18.9 Å². The van der Waals surface area contributed by atoms with Gasteiger partial charge in [0.1, 0.15) is 0 Å². The maximum absolute atomic E-state index is 12.3. The fourth-order valence-corrected chi connectivity index (χ4v) is 1.96. The number of aromatic nitrogens is 1. The maximum Gasteiger partial charge on any atom is 0.255 e. The number of benzene rings is 1. The highest BCUT2D eigenvalue weighted by Crippen LogP contribution is 2.13. The number of hydrogen-bond acceptors (Lipinski definition) is 3. The second-order valence-corrected chi connectivity index (χ2v) is 4.65. The molecule has 104 valence electrons. The molecule has 4 nitrogen and oxygen atoms in total. The van der Waals surface area contributed by atoms with Crippen LogP contribution in [0.5, 0.6) is 0 Å². The number of aryl methyl sites for hydroxylation is 1. The molecule has 0 bridgehead atoms. The summed E-state index contributed by atoms with van der Waals surface area (Å²) in [6, 6.07) is 11.4. The third kappa shape index (κ3) is 3.65. The number of nitrogens with one attached hydrogen (secondary N) is 2. The van der Waals surface area contributed by atoms with E-state index in [4.69, 9.17) is 0 Å². The van der Waals surface area contributed by atoms with Gasteiger partial charge in [-0.1, -0.05) is 18.2 Å². The average Bonchev–Trinajstić information content (AvgIpc) is 2.47. The predicted molar refractivity (Wildman–Crippen MR) is 81.0 cm³/mol. The zero-order valence-electron chi connectivity index (χ0n) is 11.8. The van der Waals surface area contributed by atoms with Gasteiger partial charge in [0.2, 0.25) is 0 Å². The molecular weight excluding hydrogens is 250 g/mol. The van der Waals surface area contributed by atoms with Crippen LogP contribution in [0.2, 0.25) is 0 Å². The Hall–Kier alpha value is -2.20. The number of rotatable bonds is 5. The van der Waals surface area contributed by atoms with Crippen LogP contribution in [0.3, 0.4) is 0 Å². The van der Waals surface area contributed by atoms with Gasteiger partial charge in [0.15, 0.2) is 0 Å². The minimum absolute atomic E-state index is 0.0950. The summed E-state index contributed by atoms with van der Waals surface area (Å²) in [5.74, 6) is -0.0950. The van der Waals surface area contributed by atoms with Crippen molar-refractivity contribution in [1.82, 2.24) is 10.3 Å². The zero-order valence-corrected chi connectivity index (χ0v) is 11.8. The van der Waals surface area contributed by atoms with Gasteiger partial charge in [0, 0.05) is 11.3 Å². The number of carbonyl (C=O) groups is 1. The van der Waals surface area contributed by atoms with Crippen molar-refractivity contribution in [3.8, 4) is 0 Å². The highest BCUT2D eigenvalue weighted by Gasteiger charge is 2.10. The Labute approximate surface area is 119 Å². The molecule has 0 fully saturated rings. The summed E-state index contributed by atoms with van der Waals surface area (Å²) in [4.78, 5) is 16.5. The number of hydrogen-bond donors (Lipinski definition) is 2. The molecule has 4 heteroatoms. The van der Waals surface area contributed by atoms with Gasteiger partial charge in [0.05, 0.1) is 11.9 Å². The fraction of sp³-hybridized carbons (Fsp3) is 0.250. The Kier molecular flexibility index (Phi) is 4.85. The summed E-state index contributed by atoms with van der Waals surface area (Å²) in [6.07, 6.45) is 2.50. The van der Waals surface area contributed by atoms with Crippen molar-refractivity contribution in [2.45, 2.75) is 13.3 Å². The monoisotopic (exact) mass is 269 g/mol. The van der Waals surface area contributed by atoms with E-state index in [-0.39, 0.29) is 5.91 Å². The van der Waals surface area contributed by atoms with Crippen molar-refractivity contribution < 1.29 is 4.79 Å². The lowest BCUT2D eigenvalue weighted by Gasteiger charge is -2.10. The molecule has 0 unspecified atom stereocenters. The van der Waals surface area contributed by atoms with E-state index in [9.17, 15) is 4.79 Å². The Balaban J connectivity index is 2.14. The molecule has 0 aliphatic rings. The summed E-state index contributed by atoms with van der Waals surface area (Å²) in [5.41, 5.74) is 3.39. The summed E-state index contributed by atoms with van der Waals surface area (Å²) in [6.45, 7) is 2.76. The topological polar surface area (TPSA) is 54.0 Å². The molecule has 0 atom stereocenters. The molecule has 0 saturated heterocycles. The molecule has 20 heavy (non-hydrogen) atoms. The van der Waals surface area contributed by atoms with Crippen molar-refractivity contribution in [2.24, 2.45) is 0 Å². The Morgan fingerprint density at radius 1 is 1.20 bits per heavy atom. The van der Waals surface area contributed by atoms with Crippen molar-refractivity contribution in [3.05, 3.63) is 59.4 Å². The molecule has 2 aromatic rings. The number of nitrogens with zero attached hydrogens (tertiary/aromatic N) is 1. The molecule has 1 aromatic heterocycles. The third-order valence-corrected chi connectivity index (χ3v) is 3.08. The van der Waals surface area contributed by atoms with Gasteiger partial charge in [-0.05, 0) is 50.7 Å². The molecule has 1 aromatic carbocycles. The van der Waals surface area contributed by atoms with Crippen LogP contribution in [0, 0.1) is 6.92 Å². The molecule has 2 N–H and O–H groups in total. The SMILES string of the molecule is CNCCc1ccccc1C(=O)Nc1ccc(C)nc1. The number of anilines is 1. The summed E-state index contributed by atoms with van der Waals surface area (Å²) in [7, 11) is 1.90. The summed E-state index contributed by atoms with van der Waals surface area (Å²) in [5, 5.41) is 5.98. The lowest BCUT2D eigenvalue weighted by molar-refractivity contribution is 0.102. The van der Waals surface area contributed by atoms with Crippen LogP contribution in [-0.4, -0.2) is 24.5 Å². The van der Waals surface area contributed by atoms with Crippen LogP contribution in [0.1, 0.15) is 21.6 Å². The molecule has 0 radical (unpaired) electrons. The van der Waals surface area contributed by atoms with Crippen LogP contribution in [0.25, 0.3) is 0 Å². The van der Waals surface area contributed by atoms with Crippen molar-refractivity contribution in [1.29, 1.82) is 0 Å². The molecule has 0 aliphatic carbocycles. The van der Waals surface area contributed by atoms with E-state index in [1.165, 1.54) is 0 Å². The standard InChI is InChI=1S/C16H19N3O/c1-12-7-8-14(11-18-12)19-16(20)15-6-4-3-5-13(15)9-10-17-2/h3-8,11,17H,9-10H2,1-2H3,(H,19,20). The van der Waals surface area contributed by atoms with Gasteiger partial charge in [-0.25, -0.2) is 0 Å². The number of likely N-dealkylation sites (N-methyl/N-ethyl adjacent to an activating group) is 1. The first-order chi connectivity index (χ1) is 9.70. The van der Waals surface area contributed by atoms with Crippen molar-refractivity contribution in [3.63, 3.8) is 0 Å². The number of carbonyl (C=O) groups excluding carboxylic acids is 1.